The van der Waals surface area contributed by atoms with Crippen LogP contribution in [0.5, 0.6) is 0 Å². The van der Waals surface area contributed by atoms with Gasteiger partial charge in [-0.3, -0.25) is 4.79 Å². The Balaban J connectivity index is 2.00. The number of nitrogens with one attached hydrogen (secondary N) is 1. The maximum Gasteiger partial charge on any atom is 0.357 e. The van der Waals surface area contributed by atoms with Crippen molar-refractivity contribution < 1.29 is 14.3 Å². The van der Waals surface area contributed by atoms with E-state index < -0.39 is 5.97 Å². The van der Waals surface area contributed by atoms with Crippen LogP contribution < -0.4 is 5.32 Å². The summed E-state index contributed by atoms with van der Waals surface area (Å²) in [6.45, 7) is 1.99. The van der Waals surface area contributed by atoms with E-state index in [1.165, 1.54) is 16.0 Å². The monoisotopic (exact) mass is 390 g/mol. The predicted octanol–water partition coefficient (Wildman–Crippen LogP) is 3.35. The summed E-state index contributed by atoms with van der Waals surface area (Å²) in [5, 5.41) is 9.22. The van der Waals surface area contributed by atoms with Gasteiger partial charge in [0.1, 0.15) is 11.7 Å². The number of hydrogen-bond acceptors (Lipinski definition) is 6. The molecule has 1 amide bonds. The molecule has 0 aliphatic rings. The number of anilines is 1. The average molecular weight is 391 g/mol. The minimum absolute atomic E-state index is 0.183. The number of ether oxygens (including phenoxy) is 1. The van der Waals surface area contributed by atoms with Crippen LogP contribution in [0.3, 0.4) is 0 Å². The van der Waals surface area contributed by atoms with Crippen LogP contribution in [0.2, 0.25) is 0 Å². The number of carbonyl (C=O) groups is 2. The zero-order valence-corrected chi connectivity index (χ0v) is 15.4. The maximum atomic E-state index is 11.8. The second kappa shape index (κ2) is 8.11. The van der Waals surface area contributed by atoms with Gasteiger partial charge < -0.3 is 10.1 Å². The van der Waals surface area contributed by atoms with Crippen LogP contribution in [-0.2, 0) is 9.53 Å². The van der Waals surface area contributed by atoms with Crippen molar-refractivity contribution in [2.24, 2.45) is 0 Å². The van der Waals surface area contributed by atoms with Crippen molar-refractivity contribution in [3.8, 4) is 16.4 Å². The Morgan fingerprint density at radius 3 is 2.77 bits per heavy atom. The van der Waals surface area contributed by atoms with Crippen LogP contribution in [0.4, 0.5) is 5.82 Å². The fraction of sp³-hybridized carbons (Fsp3) is 0.176. The van der Waals surface area contributed by atoms with Crippen molar-refractivity contribution in [3.63, 3.8) is 0 Å². The number of thiazole rings is 1. The second-order valence-corrected chi connectivity index (χ2v) is 6.21. The van der Waals surface area contributed by atoms with Gasteiger partial charge in [-0.05, 0) is 6.92 Å². The molecule has 0 radical (unpaired) electrons. The quantitative estimate of drug-likeness (QED) is 0.515. The van der Waals surface area contributed by atoms with Crippen LogP contribution in [0, 0.1) is 0 Å². The Morgan fingerprint density at radius 1 is 1.31 bits per heavy atom. The summed E-state index contributed by atoms with van der Waals surface area (Å²) >= 11 is 6.81. The number of alkyl halides is 1. The molecular formula is C17H15ClN4O3S. The van der Waals surface area contributed by atoms with E-state index in [9.17, 15) is 9.59 Å². The number of benzene rings is 1. The van der Waals surface area contributed by atoms with Crippen molar-refractivity contribution in [1.29, 1.82) is 0 Å². The normalized spacial score (nSPS) is 10.5. The molecule has 2 heterocycles. The van der Waals surface area contributed by atoms with Gasteiger partial charge in [0.05, 0.1) is 12.3 Å². The molecule has 0 fully saturated rings. The third kappa shape index (κ3) is 3.92. The molecule has 26 heavy (non-hydrogen) atoms. The Morgan fingerprint density at radius 2 is 2.08 bits per heavy atom. The van der Waals surface area contributed by atoms with Gasteiger partial charge in [0.15, 0.2) is 5.69 Å². The molecule has 3 rings (SSSR count). The number of esters is 1. The van der Waals surface area contributed by atoms with E-state index in [4.69, 9.17) is 16.3 Å². The van der Waals surface area contributed by atoms with E-state index in [0.29, 0.717) is 16.6 Å². The molecule has 1 N–H and O–H groups in total. The number of aromatic nitrogens is 3. The van der Waals surface area contributed by atoms with Gasteiger partial charge in [0, 0.05) is 17.0 Å². The van der Waals surface area contributed by atoms with E-state index in [0.717, 1.165) is 5.56 Å². The standard InChI is InChI=1S/C17H15ClN4O3S/c1-2-25-16(24)13-10-26-17(19-13)22-14(20-15(23)9-18)8-12(21-22)11-6-4-3-5-7-11/h3-8,10H,2,9H2,1H3,(H,20,23). The number of halogens is 1. The fourth-order valence-electron chi connectivity index (χ4n) is 2.20. The molecule has 0 aliphatic heterocycles. The van der Waals surface area contributed by atoms with E-state index in [1.54, 1.807) is 18.4 Å². The van der Waals surface area contributed by atoms with Gasteiger partial charge in [0.2, 0.25) is 11.0 Å². The Bertz CT molecular complexity index is 923. The number of amides is 1. The van der Waals surface area contributed by atoms with E-state index in [1.807, 2.05) is 30.3 Å². The Labute approximate surface area is 158 Å². The highest BCUT2D eigenvalue weighted by molar-refractivity contribution is 7.12. The van der Waals surface area contributed by atoms with Gasteiger partial charge in [-0.25, -0.2) is 9.78 Å². The van der Waals surface area contributed by atoms with Gasteiger partial charge in [-0.15, -0.1) is 22.9 Å². The molecule has 9 heteroatoms. The maximum absolute atomic E-state index is 11.8. The number of carbonyl (C=O) groups excluding carboxylic acids is 2. The second-order valence-electron chi connectivity index (χ2n) is 5.11. The third-order valence-electron chi connectivity index (χ3n) is 3.33. The minimum Gasteiger partial charge on any atom is -0.461 e. The summed E-state index contributed by atoms with van der Waals surface area (Å²) in [6.07, 6.45) is 0. The van der Waals surface area contributed by atoms with Crippen molar-refractivity contribution in [2.45, 2.75) is 6.92 Å². The summed E-state index contributed by atoms with van der Waals surface area (Å²) < 4.78 is 6.42. The van der Waals surface area contributed by atoms with Crippen molar-refractivity contribution in [1.82, 2.24) is 14.8 Å². The number of nitrogens with zero attached hydrogens (tertiary/aromatic N) is 3. The Kier molecular flexibility index (Phi) is 5.65. The first-order chi connectivity index (χ1) is 12.6. The Hall–Kier alpha value is -2.71. The van der Waals surface area contributed by atoms with Crippen molar-refractivity contribution in [2.75, 3.05) is 17.8 Å². The number of hydrogen-bond donors (Lipinski definition) is 1. The first-order valence-corrected chi connectivity index (χ1v) is 9.18. The van der Waals surface area contributed by atoms with Crippen LogP contribution in [-0.4, -0.2) is 39.1 Å². The molecule has 2 aromatic heterocycles. The lowest BCUT2D eigenvalue weighted by atomic mass is 10.2. The van der Waals surface area contributed by atoms with Gasteiger partial charge in [-0.2, -0.15) is 9.78 Å². The van der Waals surface area contributed by atoms with Crippen LogP contribution in [0.25, 0.3) is 16.4 Å². The molecule has 0 aliphatic carbocycles. The predicted molar refractivity (Wildman–Crippen MR) is 100.0 cm³/mol. The topological polar surface area (TPSA) is 86.1 Å². The lowest BCUT2D eigenvalue weighted by Crippen LogP contribution is -2.16. The molecule has 134 valence electrons. The van der Waals surface area contributed by atoms with Gasteiger partial charge in [-0.1, -0.05) is 30.3 Å². The third-order valence-corrected chi connectivity index (χ3v) is 4.38. The van der Waals surface area contributed by atoms with E-state index in [2.05, 4.69) is 15.4 Å². The summed E-state index contributed by atoms with van der Waals surface area (Å²) in [4.78, 5) is 27.8. The molecule has 0 saturated carbocycles. The zero-order chi connectivity index (χ0) is 18.5. The average Bonchev–Trinajstić information content (AvgIpc) is 3.29. The first-order valence-electron chi connectivity index (χ1n) is 7.76. The minimum atomic E-state index is -0.503. The molecule has 1 aromatic carbocycles. The van der Waals surface area contributed by atoms with Crippen LogP contribution in [0.15, 0.2) is 41.8 Å². The zero-order valence-electron chi connectivity index (χ0n) is 13.8. The van der Waals surface area contributed by atoms with Gasteiger partial charge in [0.25, 0.3) is 0 Å². The van der Waals surface area contributed by atoms with Crippen molar-refractivity contribution >= 4 is 40.6 Å². The molecule has 3 aromatic rings. The highest BCUT2D eigenvalue weighted by Gasteiger charge is 2.18. The SMILES string of the molecule is CCOC(=O)c1csc(-n2nc(-c3ccccc3)cc2NC(=O)CCl)n1. The van der Waals surface area contributed by atoms with E-state index in [-0.39, 0.29) is 24.1 Å². The molecule has 0 saturated heterocycles. The molecule has 0 spiro atoms. The summed E-state index contributed by atoms with van der Waals surface area (Å²) in [5.74, 6) is -0.636. The van der Waals surface area contributed by atoms with E-state index >= 15 is 0 Å². The largest absolute Gasteiger partial charge is 0.461 e. The smallest absolute Gasteiger partial charge is 0.357 e. The molecule has 0 unspecified atom stereocenters. The van der Waals surface area contributed by atoms with Crippen LogP contribution in [0.1, 0.15) is 17.4 Å². The summed E-state index contributed by atoms with van der Waals surface area (Å²) in [6, 6.07) is 11.2. The fourth-order valence-corrected chi connectivity index (χ4v) is 3.03. The van der Waals surface area contributed by atoms with Crippen LogP contribution >= 0.6 is 22.9 Å². The molecule has 0 bridgehead atoms. The summed E-state index contributed by atoms with van der Waals surface area (Å²) in [5.41, 5.74) is 1.73. The molecule has 7 nitrogen and oxygen atoms in total. The molecule has 0 atom stereocenters. The highest BCUT2D eigenvalue weighted by atomic mass is 35.5. The lowest BCUT2D eigenvalue weighted by molar-refractivity contribution is -0.114. The van der Waals surface area contributed by atoms with Crippen molar-refractivity contribution in [3.05, 3.63) is 47.5 Å². The first kappa shape index (κ1) is 18.1. The van der Waals surface area contributed by atoms with Gasteiger partial charge >= 0.3 is 5.97 Å². The molecular weight excluding hydrogens is 376 g/mol. The summed E-state index contributed by atoms with van der Waals surface area (Å²) in [7, 11) is 0. The highest BCUT2D eigenvalue weighted by Crippen LogP contribution is 2.26. The number of rotatable bonds is 6. The lowest BCUT2D eigenvalue weighted by Gasteiger charge is -2.04.